The van der Waals surface area contributed by atoms with Crippen LogP contribution in [0.1, 0.15) is 22.3 Å². The van der Waals surface area contributed by atoms with Crippen LogP contribution in [0, 0.1) is 0 Å². The van der Waals surface area contributed by atoms with Gasteiger partial charge in [-0.05, 0) is 36.2 Å². The van der Waals surface area contributed by atoms with Crippen LogP contribution in [0.15, 0.2) is 42.5 Å². The lowest BCUT2D eigenvalue weighted by atomic mass is 10.1. The topological polar surface area (TPSA) is 75.6 Å². The summed E-state index contributed by atoms with van der Waals surface area (Å²) >= 11 is 17.6. The zero-order valence-electron chi connectivity index (χ0n) is 14.3. The maximum absolute atomic E-state index is 12.4. The van der Waals surface area contributed by atoms with E-state index >= 15 is 0 Å². The Labute approximate surface area is 172 Å². The summed E-state index contributed by atoms with van der Waals surface area (Å²) in [5.74, 6) is -0.608. The van der Waals surface area contributed by atoms with Crippen LogP contribution in [0.25, 0.3) is 0 Å². The predicted octanol–water partition coefficient (Wildman–Crippen LogP) is 4.43. The molecule has 0 heterocycles. The molecule has 0 aromatic heterocycles. The number of hydrogen-bond acceptors (Lipinski definition) is 3. The molecule has 0 aliphatic rings. The van der Waals surface area contributed by atoms with Gasteiger partial charge in [-0.1, -0.05) is 41.4 Å². The number of rotatable bonds is 9. The summed E-state index contributed by atoms with van der Waals surface area (Å²) in [7, 11) is 0. The number of carboxylic acid groups (broad SMARTS) is 1. The highest BCUT2D eigenvalue weighted by Gasteiger charge is 2.23. The first-order valence-corrected chi connectivity index (χ1v) is 9.46. The number of amides is 1. The van der Waals surface area contributed by atoms with Crippen molar-refractivity contribution >= 4 is 46.7 Å². The van der Waals surface area contributed by atoms with Gasteiger partial charge in [-0.15, -0.1) is 11.6 Å². The van der Waals surface area contributed by atoms with E-state index in [2.05, 4.69) is 5.32 Å². The third-order valence-electron chi connectivity index (χ3n) is 3.70. The van der Waals surface area contributed by atoms with Gasteiger partial charge in [-0.2, -0.15) is 0 Å². The van der Waals surface area contributed by atoms with Crippen LogP contribution in [-0.2, 0) is 11.2 Å². The summed E-state index contributed by atoms with van der Waals surface area (Å²) in [5.41, 5.74) is 0.785. The van der Waals surface area contributed by atoms with E-state index in [-0.39, 0.29) is 22.0 Å². The third kappa shape index (κ3) is 6.31. The maximum atomic E-state index is 12.4. The second-order valence-electron chi connectivity index (χ2n) is 5.70. The number of ether oxygens (including phenoxy) is 1. The summed E-state index contributed by atoms with van der Waals surface area (Å²) in [6, 6.07) is 10.5. The molecular weight excluding hydrogens is 413 g/mol. The van der Waals surface area contributed by atoms with E-state index in [9.17, 15) is 14.7 Å². The molecule has 0 fully saturated rings. The standard InChI is InChI=1S/C19H18Cl3NO4/c20-9-2-10-27-13-7-5-12(6-8-13)11-16(19(25)26)23-18(24)17-14(21)3-1-4-15(17)22/h1,3-8,16H,2,9-11H2,(H,23,24)(H,25,26). The van der Waals surface area contributed by atoms with Crippen LogP contribution in [0.2, 0.25) is 10.0 Å². The smallest absolute Gasteiger partial charge is 0.326 e. The zero-order chi connectivity index (χ0) is 19.8. The van der Waals surface area contributed by atoms with Crippen LogP contribution in [-0.4, -0.2) is 35.5 Å². The SMILES string of the molecule is O=C(NC(Cc1ccc(OCCCCl)cc1)C(=O)O)c1c(Cl)cccc1Cl. The lowest BCUT2D eigenvalue weighted by Crippen LogP contribution is -2.42. The van der Waals surface area contributed by atoms with Gasteiger partial charge in [0.25, 0.3) is 5.91 Å². The van der Waals surface area contributed by atoms with E-state index in [0.717, 1.165) is 12.0 Å². The minimum Gasteiger partial charge on any atom is -0.494 e. The quantitative estimate of drug-likeness (QED) is 0.456. The highest BCUT2D eigenvalue weighted by atomic mass is 35.5. The number of nitrogens with one attached hydrogen (secondary N) is 1. The second-order valence-corrected chi connectivity index (χ2v) is 6.89. The molecule has 1 amide bonds. The summed E-state index contributed by atoms with van der Waals surface area (Å²) in [5, 5.41) is 12.2. The van der Waals surface area contributed by atoms with Crippen molar-refractivity contribution in [3.63, 3.8) is 0 Å². The molecule has 2 rings (SSSR count). The summed E-state index contributed by atoms with van der Waals surface area (Å²) in [6.07, 6.45) is 0.839. The molecule has 2 aromatic carbocycles. The Kier molecular flexibility index (Phi) is 8.23. The van der Waals surface area contributed by atoms with E-state index in [4.69, 9.17) is 39.5 Å². The molecule has 8 heteroatoms. The first kappa shape index (κ1) is 21.4. The first-order valence-electron chi connectivity index (χ1n) is 8.17. The van der Waals surface area contributed by atoms with E-state index in [1.54, 1.807) is 30.3 Å². The Morgan fingerprint density at radius 3 is 2.26 bits per heavy atom. The van der Waals surface area contributed by atoms with E-state index in [1.165, 1.54) is 12.1 Å². The van der Waals surface area contributed by atoms with Gasteiger partial charge in [0.15, 0.2) is 0 Å². The molecule has 0 bridgehead atoms. The van der Waals surface area contributed by atoms with Crippen LogP contribution in [0.5, 0.6) is 5.75 Å². The average molecular weight is 431 g/mol. The Morgan fingerprint density at radius 1 is 1.07 bits per heavy atom. The lowest BCUT2D eigenvalue weighted by molar-refractivity contribution is -0.139. The van der Waals surface area contributed by atoms with Gasteiger partial charge in [0.1, 0.15) is 11.8 Å². The Balaban J connectivity index is 2.05. The minimum atomic E-state index is -1.16. The summed E-state index contributed by atoms with van der Waals surface area (Å²) in [4.78, 5) is 24.0. The van der Waals surface area contributed by atoms with Gasteiger partial charge >= 0.3 is 5.97 Å². The van der Waals surface area contributed by atoms with E-state index in [0.29, 0.717) is 18.2 Å². The van der Waals surface area contributed by atoms with Crippen LogP contribution in [0.4, 0.5) is 0 Å². The fraction of sp³-hybridized carbons (Fsp3) is 0.263. The highest BCUT2D eigenvalue weighted by Crippen LogP contribution is 2.24. The van der Waals surface area contributed by atoms with Crippen LogP contribution >= 0.6 is 34.8 Å². The summed E-state index contributed by atoms with van der Waals surface area (Å²) in [6.45, 7) is 0.509. The number of carboxylic acids is 1. The first-order chi connectivity index (χ1) is 12.9. The number of benzene rings is 2. The van der Waals surface area contributed by atoms with Crippen molar-refractivity contribution in [2.75, 3.05) is 12.5 Å². The zero-order valence-corrected chi connectivity index (χ0v) is 16.5. The summed E-state index contributed by atoms with van der Waals surface area (Å²) < 4.78 is 5.50. The molecular formula is C19H18Cl3NO4. The molecule has 2 N–H and O–H groups in total. The molecule has 1 unspecified atom stereocenters. The molecule has 1 atom stereocenters. The van der Waals surface area contributed by atoms with Crippen molar-refractivity contribution in [3.8, 4) is 5.75 Å². The molecule has 27 heavy (non-hydrogen) atoms. The van der Waals surface area contributed by atoms with Gasteiger partial charge in [0.05, 0.1) is 22.2 Å². The average Bonchev–Trinajstić information content (AvgIpc) is 2.62. The van der Waals surface area contributed by atoms with Crippen molar-refractivity contribution in [3.05, 3.63) is 63.6 Å². The largest absolute Gasteiger partial charge is 0.494 e. The van der Waals surface area contributed by atoms with Crippen molar-refractivity contribution in [2.24, 2.45) is 0 Å². The number of aliphatic carboxylic acids is 1. The number of hydrogen-bond donors (Lipinski definition) is 2. The van der Waals surface area contributed by atoms with Gasteiger partial charge < -0.3 is 15.2 Å². The van der Waals surface area contributed by atoms with Gasteiger partial charge in [0.2, 0.25) is 0 Å². The molecule has 2 aromatic rings. The Morgan fingerprint density at radius 2 is 1.70 bits per heavy atom. The third-order valence-corrected chi connectivity index (χ3v) is 4.60. The molecule has 0 aliphatic carbocycles. The highest BCUT2D eigenvalue weighted by molar-refractivity contribution is 6.39. The van der Waals surface area contributed by atoms with Crippen molar-refractivity contribution in [1.82, 2.24) is 5.32 Å². The Hall–Kier alpha value is -1.95. The molecule has 0 aliphatic heterocycles. The normalized spacial score (nSPS) is 11.7. The number of carbonyl (C=O) groups excluding carboxylic acids is 1. The van der Waals surface area contributed by atoms with Gasteiger partial charge in [-0.25, -0.2) is 4.79 Å². The predicted molar refractivity (Wildman–Crippen MR) is 106 cm³/mol. The monoisotopic (exact) mass is 429 g/mol. The molecule has 5 nitrogen and oxygen atoms in total. The molecule has 144 valence electrons. The van der Waals surface area contributed by atoms with Crippen LogP contribution in [0.3, 0.4) is 0 Å². The van der Waals surface area contributed by atoms with Crippen LogP contribution < -0.4 is 10.1 Å². The lowest BCUT2D eigenvalue weighted by Gasteiger charge is -2.16. The van der Waals surface area contributed by atoms with Gasteiger partial charge in [0, 0.05) is 12.3 Å². The van der Waals surface area contributed by atoms with Gasteiger partial charge in [-0.3, -0.25) is 4.79 Å². The minimum absolute atomic E-state index is 0.0510. The number of alkyl halides is 1. The van der Waals surface area contributed by atoms with E-state index < -0.39 is 17.9 Å². The molecule has 0 saturated heterocycles. The molecule has 0 spiro atoms. The molecule has 0 saturated carbocycles. The Bertz CT molecular complexity index is 776. The maximum Gasteiger partial charge on any atom is 0.326 e. The number of carbonyl (C=O) groups is 2. The van der Waals surface area contributed by atoms with Crippen molar-refractivity contribution in [1.29, 1.82) is 0 Å². The second kappa shape index (κ2) is 10.4. The fourth-order valence-electron chi connectivity index (χ4n) is 2.35. The fourth-order valence-corrected chi connectivity index (χ4v) is 3.03. The number of halogens is 3. The van der Waals surface area contributed by atoms with Crippen molar-refractivity contribution < 1.29 is 19.4 Å². The van der Waals surface area contributed by atoms with Crippen molar-refractivity contribution in [2.45, 2.75) is 18.9 Å². The van der Waals surface area contributed by atoms with E-state index in [1.807, 2.05) is 0 Å². The molecule has 0 radical (unpaired) electrons.